The largest absolute Gasteiger partial charge is 0.468 e. The van der Waals surface area contributed by atoms with Crippen LogP contribution in [-0.2, 0) is 4.74 Å². The van der Waals surface area contributed by atoms with Crippen LogP contribution in [0.1, 0.15) is 30.9 Å². The van der Waals surface area contributed by atoms with Crippen LogP contribution in [0, 0.1) is 11.9 Å². The number of rotatable bonds is 8. The van der Waals surface area contributed by atoms with Crippen molar-refractivity contribution in [1.82, 2.24) is 15.1 Å². The van der Waals surface area contributed by atoms with Crippen molar-refractivity contribution in [2.24, 2.45) is 0 Å². The first-order chi connectivity index (χ1) is 13.8. The van der Waals surface area contributed by atoms with Gasteiger partial charge in [0.2, 0.25) is 0 Å². The van der Waals surface area contributed by atoms with Crippen LogP contribution in [0.4, 0.5) is 4.39 Å². The lowest BCUT2D eigenvalue weighted by Gasteiger charge is -2.31. The SMILES string of the molecule is Fc1ccc2c(C3CCN(CCCOCOc4cc[c]cc4)CC3)n[nH]c2c1. The standard InChI is InChI=1S/C22H25FN3O2/c23-18-7-8-20-21(15-18)24-25-22(20)17-9-12-26(13-10-17)11-4-14-27-16-28-19-5-2-1-3-6-19/h2-3,5-8,15,17H,4,9-14,16H2,(H,24,25). The first-order valence-electron chi connectivity index (χ1n) is 9.82. The van der Waals surface area contributed by atoms with Gasteiger partial charge < -0.3 is 14.4 Å². The molecule has 147 valence electrons. The third-order valence-electron chi connectivity index (χ3n) is 5.29. The fraction of sp³-hybridized carbons (Fsp3) is 0.409. The quantitative estimate of drug-likeness (QED) is 0.470. The number of fused-ring (bicyclic) bond motifs is 1. The van der Waals surface area contributed by atoms with E-state index in [1.54, 1.807) is 0 Å². The summed E-state index contributed by atoms with van der Waals surface area (Å²) in [6, 6.07) is 15.2. The van der Waals surface area contributed by atoms with Crippen LogP contribution in [-0.4, -0.2) is 48.1 Å². The van der Waals surface area contributed by atoms with Crippen molar-refractivity contribution in [2.75, 3.05) is 33.0 Å². The van der Waals surface area contributed by atoms with Gasteiger partial charge in [-0.2, -0.15) is 5.10 Å². The highest BCUT2D eigenvalue weighted by Crippen LogP contribution is 2.31. The van der Waals surface area contributed by atoms with Crippen LogP contribution >= 0.6 is 0 Å². The lowest BCUT2D eigenvalue weighted by molar-refractivity contribution is 0.0106. The first-order valence-corrected chi connectivity index (χ1v) is 9.82. The third-order valence-corrected chi connectivity index (χ3v) is 5.29. The molecule has 1 radical (unpaired) electrons. The van der Waals surface area contributed by atoms with E-state index in [-0.39, 0.29) is 12.6 Å². The van der Waals surface area contributed by atoms with E-state index >= 15 is 0 Å². The van der Waals surface area contributed by atoms with E-state index in [1.165, 1.54) is 12.1 Å². The normalized spacial score (nSPS) is 15.9. The first kappa shape index (κ1) is 18.9. The zero-order valence-corrected chi connectivity index (χ0v) is 15.9. The van der Waals surface area contributed by atoms with Gasteiger partial charge in [0.25, 0.3) is 0 Å². The number of hydrogen-bond donors (Lipinski definition) is 1. The number of aromatic nitrogens is 2. The zero-order chi connectivity index (χ0) is 19.2. The number of aromatic amines is 1. The number of likely N-dealkylation sites (tertiary alicyclic amines) is 1. The zero-order valence-electron chi connectivity index (χ0n) is 15.9. The smallest absolute Gasteiger partial charge is 0.189 e. The van der Waals surface area contributed by atoms with E-state index in [1.807, 2.05) is 30.3 Å². The summed E-state index contributed by atoms with van der Waals surface area (Å²) in [4.78, 5) is 2.47. The van der Waals surface area contributed by atoms with Gasteiger partial charge in [-0.05, 0) is 68.8 Å². The molecule has 0 bridgehead atoms. The van der Waals surface area contributed by atoms with Crippen molar-refractivity contribution in [2.45, 2.75) is 25.2 Å². The maximum absolute atomic E-state index is 13.3. The van der Waals surface area contributed by atoms with Crippen LogP contribution in [0.25, 0.3) is 10.9 Å². The summed E-state index contributed by atoms with van der Waals surface area (Å²) in [6.07, 6.45) is 3.14. The molecule has 0 atom stereocenters. The Bertz CT molecular complexity index is 876. The third kappa shape index (κ3) is 4.69. The van der Waals surface area contributed by atoms with Crippen LogP contribution in [0.5, 0.6) is 5.75 Å². The summed E-state index contributed by atoms with van der Waals surface area (Å²) in [5, 5.41) is 8.48. The van der Waals surface area contributed by atoms with Gasteiger partial charge in [0, 0.05) is 17.8 Å². The molecular weight excluding hydrogens is 357 g/mol. The number of nitrogens with one attached hydrogen (secondary N) is 1. The Hall–Kier alpha value is -2.44. The Kier molecular flexibility index (Phi) is 6.19. The highest BCUT2D eigenvalue weighted by Gasteiger charge is 2.23. The molecule has 0 aliphatic carbocycles. The monoisotopic (exact) mass is 382 g/mol. The number of piperidine rings is 1. The summed E-state index contributed by atoms with van der Waals surface area (Å²) >= 11 is 0. The number of ether oxygens (including phenoxy) is 2. The molecule has 5 nitrogen and oxygen atoms in total. The van der Waals surface area contributed by atoms with Gasteiger partial charge in [0.15, 0.2) is 6.79 Å². The van der Waals surface area contributed by atoms with Crippen molar-refractivity contribution in [3.8, 4) is 5.75 Å². The van der Waals surface area contributed by atoms with Gasteiger partial charge in [0.1, 0.15) is 11.6 Å². The van der Waals surface area contributed by atoms with E-state index in [4.69, 9.17) is 9.47 Å². The van der Waals surface area contributed by atoms with Gasteiger partial charge in [0.05, 0.1) is 17.8 Å². The van der Waals surface area contributed by atoms with Gasteiger partial charge in [-0.15, -0.1) is 0 Å². The Morgan fingerprint density at radius 2 is 2.00 bits per heavy atom. The highest BCUT2D eigenvalue weighted by molar-refractivity contribution is 5.81. The second-order valence-electron chi connectivity index (χ2n) is 7.17. The highest BCUT2D eigenvalue weighted by atomic mass is 19.1. The number of halogens is 1. The molecule has 0 saturated carbocycles. The van der Waals surface area contributed by atoms with E-state index in [2.05, 4.69) is 21.2 Å². The molecule has 1 saturated heterocycles. The van der Waals surface area contributed by atoms with Gasteiger partial charge in [-0.3, -0.25) is 5.10 Å². The Balaban J connectivity index is 1.15. The molecule has 4 rings (SSSR count). The molecule has 3 aromatic rings. The van der Waals surface area contributed by atoms with E-state index < -0.39 is 0 Å². The van der Waals surface area contributed by atoms with Gasteiger partial charge in [-0.25, -0.2) is 4.39 Å². The number of hydrogen-bond acceptors (Lipinski definition) is 4. The van der Waals surface area contributed by atoms with Gasteiger partial charge in [-0.1, -0.05) is 12.1 Å². The molecule has 1 fully saturated rings. The number of nitrogens with zero attached hydrogens (tertiary/aromatic N) is 2. The van der Waals surface area contributed by atoms with Crippen molar-refractivity contribution in [3.05, 3.63) is 60.0 Å². The minimum atomic E-state index is -0.229. The predicted molar refractivity (Wildman–Crippen MR) is 106 cm³/mol. The lowest BCUT2D eigenvalue weighted by Crippen LogP contribution is -2.34. The second-order valence-corrected chi connectivity index (χ2v) is 7.17. The summed E-state index contributed by atoms with van der Waals surface area (Å²) in [5.41, 5.74) is 1.86. The molecule has 0 unspecified atom stereocenters. The summed E-state index contributed by atoms with van der Waals surface area (Å²) in [5.74, 6) is 1.00. The topological polar surface area (TPSA) is 50.4 Å². The number of H-pyrrole nitrogens is 1. The maximum Gasteiger partial charge on any atom is 0.189 e. The Morgan fingerprint density at radius 3 is 2.82 bits per heavy atom. The van der Waals surface area contributed by atoms with Crippen molar-refractivity contribution < 1.29 is 13.9 Å². The molecule has 0 spiro atoms. The molecule has 1 aliphatic rings. The van der Waals surface area contributed by atoms with E-state index in [0.717, 1.165) is 61.2 Å². The van der Waals surface area contributed by atoms with E-state index in [0.29, 0.717) is 12.5 Å². The minimum Gasteiger partial charge on any atom is -0.468 e. The van der Waals surface area contributed by atoms with Crippen molar-refractivity contribution in [3.63, 3.8) is 0 Å². The predicted octanol–water partition coefficient (Wildman–Crippen LogP) is 4.12. The molecule has 0 amide bonds. The van der Waals surface area contributed by atoms with Crippen LogP contribution in [0.2, 0.25) is 0 Å². The van der Waals surface area contributed by atoms with Crippen LogP contribution in [0.3, 0.4) is 0 Å². The molecule has 6 heteroatoms. The second kappa shape index (κ2) is 9.17. The molecule has 1 aliphatic heterocycles. The van der Waals surface area contributed by atoms with Crippen LogP contribution in [0.15, 0.2) is 42.5 Å². The molecule has 2 heterocycles. The molecule has 28 heavy (non-hydrogen) atoms. The number of benzene rings is 2. The lowest BCUT2D eigenvalue weighted by atomic mass is 9.91. The molecular formula is C22H25FN3O2. The summed E-state index contributed by atoms with van der Waals surface area (Å²) in [7, 11) is 0. The Labute approximate surface area is 164 Å². The minimum absolute atomic E-state index is 0.229. The van der Waals surface area contributed by atoms with Crippen LogP contribution < -0.4 is 4.74 Å². The average Bonchev–Trinajstić information content (AvgIpc) is 3.15. The summed E-state index contributed by atoms with van der Waals surface area (Å²) in [6.45, 7) is 4.10. The van der Waals surface area contributed by atoms with Gasteiger partial charge >= 0.3 is 0 Å². The molecule has 2 aromatic carbocycles. The van der Waals surface area contributed by atoms with Crippen molar-refractivity contribution >= 4 is 10.9 Å². The average molecular weight is 382 g/mol. The molecule has 1 N–H and O–H groups in total. The van der Waals surface area contributed by atoms with E-state index in [9.17, 15) is 4.39 Å². The fourth-order valence-corrected chi connectivity index (χ4v) is 3.78. The Morgan fingerprint density at radius 1 is 1.18 bits per heavy atom. The molecule has 1 aromatic heterocycles. The maximum atomic E-state index is 13.3. The fourth-order valence-electron chi connectivity index (χ4n) is 3.78. The van der Waals surface area contributed by atoms with Crippen molar-refractivity contribution in [1.29, 1.82) is 0 Å². The summed E-state index contributed by atoms with van der Waals surface area (Å²) < 4.78 is 24.4.